The van der Waals surface area contributed by atoms with Crippen molar-refractivity contribution in [2.45, 2.75) is 6.42 Å². The van der Waals surface area contributed by atoms with E-state index in [0.717, 1.165) is 28.6 Å². The lowest BCUT2D eigenvalue weighted by Gasteiger charge is -2.07. The summed E-state index contributed by atoms with van der Waals surface area (Å²) in [5, 5.41) is 2.22. The van der Waals surface area contributed by atoms with Gasteiger partial charge >= 0.3 is 0 Å². The highest BCUT2D eigenvalue weighted by molar-refractivity contribution is 5.89. The summed E-state index contributed by atoms with van der Waals surface area (Å²) in [6.45, 7) is 0.614. The molecule has 1 aromatic heterocycles. The van der Waals surface area contributed by atoms with E-state index in [1.54, 1.807) is 13.3 Å². The summed E-state index contributed by atoms with van der Waals surface area (Å²) in [6.07, 6.45) is 2.60. The number of methoxy groups -OCH3 is 1. The van der Waals surface area contributed by atoms with Crippen LogP contribution in [0.25, 0.3) is 10.8 Å². The monoisotopic (exact) mass is 202 g/mol. The molecule has 3 heteroatoms. The first-order valence-corrected chi connectivity index (χ1v) is 4.97. The van der Waals surface area contributed by atoms with Crippen LogP contribution in [0.15, 0.2) is 30.5 Å². The molecule has 2 aromatic rings. The van der Waals surface area contributed by atoms with Gasteiger partial charge in [0.15, 0.2) is 0 Å². The highest BCUT2D eigenvalue weighted by Crippen LogP contribution is 2.26. The summed E-state index contributed by atoms with van der Waals surface area (Å²) < 4.78 is 5.30. The van der Waals surface area contributed by atoms with Crippen molar-refractivity contribution < 1.29 is 4.74 Å². The van der Waals surface area contributed by atoms with E-state index in [0.29, 0.717) is 6.54 Å². The van der Waals surface area contributed by atoms with Gasteiger partial charge in [-0.15, -0.1) is 0 Å². The second kappa shape index (κ2) is 4.28. The summed E-state index contributed by atoms with van der Waals surface area (Å²) in [7, 11) is 1.68. The molecule has 78 valence electrons. The summed E-state index contributed by atoms with van der Waals surface area (Å²) in [4.78, 5) is 4.34. The normalized spacial score (nSPS) is 10.5. The summed E-state index contributed by atoms with van der Waals surface area (Å²) in [5.74, 6) is 0.883. The molecule has 0 fully saturated rings. The SMILES string of the molecule is COc1cccc2c(CCN)nccc12. The van der Waals surface area contributed by atoms with Crippen LogP contribution in [0.3, 0.4) is 0 Å². The van der Waals surface area contributed by atoms with Crippen LogP contribution in [0.4, 0.5) is 0 Å². The molecule has 0 atom stereocenters. The quantitative estimate of drug-likeness (QED) is 0.824. The molecule has 2 N–H and O–H groups in total. The number of nitrogens with two attached hydrogens (primary N) is 1. The molecule has 0 saturated heterocycles. The second-order valence-corrected chi connectivity index (χ2v) is 3.35. The molecule has 0 aliphatic carbocycles. The Morgan fingerprint density at radius 1 is 1.27 bits per heavy atom. The van der Waals surface area contributed by atoms with Gasteiger partial charge in [0, 0.05) is 29.1 Å². The van der Waals surface area contributed by atoms with E-state index < -0.39 is 0 Å². The summed E-state index contributed by atoms with van der Waals surface area (Å²) >= 11 is 0. The Morgan fingerprint density at radius 3 is 2.87 bits per heavy atom. The Kier molecular flexibility index (Phi) is 2.83. The molecule has 0 saturated carbocycles. The lowest BCUT2D eigenvalue weighted by Crippen LogP contribution is -2.04. The molecule has 1 aromatic carbocycles. The lowest BCUT2D eigenvalue weighted by atomic mass is 10.1. The summed E-state index contributed by atoms with van der Waals surface area (Å²) in [5.41, 5.74) is 6.59. The predicted molar refractivity (Wildman–Crippen MR) is 61.1 cm³/mol. The maximum atomic E-state index is 5.55. The van der Waals surface area contributed by atoms with Gasteiger partial charge in [0.25, 0.3) is 0 Å². The molecule has 3 nitrogen and oxygen atoms in total. The molecule has 0 spiro atoms. The van der Waals surface area contributed by atoms with E-state index >= 15 is 0 Å². The minimum absolute atomic E-state index is 0.614. The molecule has 0 unspecified atom stereocenters. The predicted octanol–water partition coefficient (Wildman–Crippen LogP) is 1.74. The lowest BCUT2D eigenvalue weighted by molar-refractivity contribution is 0.420. The first kappa shape index (κ1) is 9.93. The maximum Gasteiger partial charge on any atom is 0.126 e. The van der Waals surface area contributed by atoms with E-state index in [2.05, 4.69) is 11.1 Å². The first-order chi connectivity index (χ1) is 7.36. The van der Waals surface area contributed by atoms with Crippen LogP contribution < -0.4 is 10.5 Å². The number of rotatable bonds is 3. The van der Waals surface area contributed by atoms with Crippen molar-refractivity contribution in [2.24, 2.45) is 5.73 Å². The van der Waals surface area contributed by atoms with Crippen molar-refractivity contribution in [2.75, 3.05) is 13.7 Å². The van der Waals surface area contributed by atoms with E-state index in [1.807, 2.05) is 18.2 Å². The molecule has 0 aliphatic heterocycles. The van der Waals surface area contributed by atoms with Crippen molar-refractivity contribution >= 4 is 10.8 Å². The molecule has 0 radical (unpaired) electrons. The minimum atomic E-state index is 0.614. The number of hydrogen-bond acceptors (Lipinski definition) is 3. The average molecular weight is 202 g/mol. The number of aromatic nitrogens is 1. The molecule has 15 heavy (non-hydrogen) atoms. The molecule has 0 amide bonds. The number of ether oxygens (including phenoxy) is 1. The van der Waals surface area contributed by atoms with Crippen molar-refractivity contribution in [1.82, 2.24) is 4.98 Å². The van der Waals surface area contributed by atoms with Crippen LogP contribution in [0, 0.1) is 0 Å². The van der Waals surface area contributed by atoms with Gasteiger partial charge < -0.3 is 10.5 Å². The van der Waals surface area contributed by atoms with Crippen molar-refractivity contribution in [3.8, 4) is 5.75 Å². The zero-order valence-corrected chi connectivity index (χ0v) is 8.73. The average Bonchev–Trinajstić information content (AvgIpc) is 2.29. The fourth-order valence-electron chi connectivity index (χ4n) is 1.75. The molecule has 0 bridgehead atoms. The number of hydrogen-bond donors (Lipinski definition) is 1. The third-order valence-electron chi connectivity index (χ3n) is 2.45. The van der Waals surface area contributed by atoms with E-state index in [9.17, 15) is 0 Å². The van der Waals surface area contributed by atoms with Crippen LogP contribution >= 0.6 is 0 Å². The fraction of sp³-hybridized carbons (Fsp3) is 0.250. The van der Waals surface area contributed by atoms with Gasteiger partial charge in [-0.2, -0.15) is 0 Å². The van der Waals surface area contributed by atoms with Gasteiger partial charge in [0.05, 0.1) is 7.11 Å². The Labute approximate surface area is 88.9 Å². The van der Waals surface area contributed by atoms with Gasteiger partial charge in [-0.3, -0.25) is 4.98 Å². The zero-order chi connectivity index (χ0) is 10.7. The second-order valence-electron chi connectivity index (χ2n) is 3.35. The maximum absolute atomic E-state index is 5.55. The van der Waals surface area contributed by atoms with Crippen LogP contribution in [0.5, 0.6) is 5.75 Å². The number of fused-ring (bicyclic) bond motifs is 1. The molecule has 2 rings (SSSR count). The van der Waals surface area contributed by atoms with E-state index in [4.69, 9.17) is 10.5 Å². The van der Waals surface area contributed by atoms with E-state index in [1.165, 1.54) is 0 Å². The standard InChI is InChI=1S/C12H14N2O/c1-15-12-4-2-3-9-10(12)6-8-14-11(9)5-7-13/h2-4,6,8H,5,7,13H2,1H3. The summed E-state index contributed by atoms with van der Waals surface area (Å²) in [6, 6.07) is 7.95. The zero-order valence-electron chi connectivity index (χ0n) is 8.73. The van der Waals surface area contributed by atoms with Crippen molar-refractivity contribution in [3.05, 3.63) is 36.2 Å². The third kappa shape index (κ3) is 1.78. The van der Waals surface area contributed by atoms with Gasteiger partial charge in [0.2, 0.25) is 0 Å². The Balaban J connectivity index is 2.65. The first-order valence-electron chi connectivity index (χ1n) is 4.97. The number of nitrogens with zero attached hydrogens (tertiary/aromatic N) is 1. The Bertz CT molecular complexity index is 468. The van der Waals surface area contributed by atoms with Gasteiger partial charge in [-0.25, -0.2) is 0 Å². The molecular formula is C12H14N2O. The Morgan fingerprint density at radius 2 is 2.13 bits per heavy atom. The van der Waals surface area contributed by atoms with Crippen LogP contribution in [0.2, 0.25) is 0 Å². The highest BCUT2D eigenvalue weighted by Gasteiger charge is 2.04. The highest BCUT2D eigenvalue weighted by atomic mass is 16.5. The number of pyridine rings is 1. The van der Waals surface area contributed by atoms with Crippen LogP contribution in [-0.2, 0) is 6.42 Å². The number of benzene rings is 1. The van der Waals surface area contributed by atoms with Gasteiger partial charge in [-0.1, -0.05) is 12.1 Å². The van der Waals surface area contributed by atoms with Crippen LogP contribution in [-0.4, -0.2) is 18.6 Å². The van der Waals surface area contributed by atoms with Gasteiger partial charge in [-0.05, 0) is 18.7 Å². The van der Waals surface area contributed by atoms with E-state index in [-0.39, 0.29) is 0 Å². The van der Waals surface area contributed by atoms with Crippen molar-refractivity contribution in [3.63, 3.8) is 0 Å². The van der Waals surface area contributed by atoms with Crippen molar-refractivity contribution in [1.29, 1.82) is 0 Å². The molecule has 1 heterocycles. The van der Waals surface area contributed by atoms with Gasteiger partial charge in [0.1, 0.15) is 5.75 Å². The minimum Gasteiger partial charge on any atom is -0.496 e. The Hall–Kier alpha value is -1.61. The van der Waals surface area contributed by atoms with Crippen LogP contribution in [0.1, 0.15) is 5.69 Å². The molecular weight excluding hydrogens is 188 g/mol. The molecule has 0 aliphatic rings. The smallest absolute Gasteiger partial charge is 0.126 e. The largest absolute Gasteiger partial charge is 0.496 e. The fourth-order valence-corrected chi connectivity index (χ4v) is 1.75. The third-order valence-corrected chi connectivity index (χ3v) is 2.45. The topological polar surface area (TPSA) is 48.1 Å².